The van der Waals surface area contributed by atoms with Crippen LogP contribution in [0.1, 0.15) is 33.6 Å². The molecule has 14 heavy (non-hydrogen) atoms. The zero-order valence-electron chi connectivity index (χ0n) is 9.38. The van der Waals surface area contributed by atoms with E-state index in [9.17, 15) is 5.11 Å². The fraction of sp³-hybridized carbons (Fsp3) is 0.667. The van der Waals surface area contributed by atoms with Gasteiger partial charge in [-0.05, 0) is 12.8 Å². The maximum Gasteiger partial charge on any atom is 0.129 e. The summed E-state index contributed by atoms with van der Waals surface area (Å²) in [5.74, 6) is 0.465. The largest absolute Gasteiger partial charge is 0.373 e. The van der Waals surface area contributed by atoms with E-state index in [-0.39, 0.29) is 5.41 Å². The van der Waals surface area contributed by atoms with Gasteiger partial charge in [0.25, 0.3) is 0 Å². The molecular formula is C12H21NO. The fourth-order valence-corrected chi connectivity index (χ4v) is 1.41. The van der Waals surface area contributed by atoms with E-state index in [1.165, 1.54) is 0 Å². The maximum absolute atomic E-state index is 9.82. The standard InChI is InChI=1S/C12H21NO/c1-9(10-7-5-6-8-10)13-11(14)12(2,3)4/h5-6,10-11,13-14H,1,7-8H2,2-4H3. The Bertz CT molecular complexity index is 229. The van der Waals surface area contributed by atoms with Gasteiger partial charge in [0.15, 0.2) is 0 Å². The van der Waals surface area contributed by atoms with E-state index < -0.39 is 6.23 Å². The lowest BCUT2D eigenvalue weighted by atomic mass is 9.93. The van der Waals surface area contributed by atoms with Crippen molar-refractivity contribution in [3.63, 3.8) is 0 Å². The van der Waals surface area contributed by atoms with Crippen LogP contribution in [0.5, 0.6) is 0 Å². The summed E-state index contributed by atoms with van der Waals surface area (Å²) in [5, 5.41) is 12.9. The van der Waals surface area contributed by atoms with Crippen LogP contribution in [0.3, 0.4) is 0 Å². The van der Waals surface area contributed by atoms with Crippen LogP contribution < -0.4 is 5.32 Å². The van der Waals surface area contributed by atoms with Crippen molar-refractivity contribution in [2.75, 3.05) is 0 Å². The Morgan fingerprint density at radius 2 is 1.93 bits per heavy atom. The molecule has 0 aromatic rings. The molecule has 1 unspecified atom stereocenters. The fourth-order valence-electron chi connectivity index (χ4n) is 1.41. The summed E-state index contributed by atoms with van der Waals surface area (Å²) < 4.78 is 0. The third-order valence-electron chi connectivity index (χ3n) is 2.64. The molecular weight excluding hydrogens is 174 g/mol. The highest BCUT2D eigenvalue weighted by atomic mass is 16.3. The molecule has 1 aliphatic rings. The molecule has 1 aliphatic carbocycles. The van der Waals surface area contributed by atoms with Crippen LogP contribution in [0.4, 0.5) is 0 Å². The van der Waals surface area contributed by atoms with Crippen molar-refractivity contribution in [2.45, 2.75) is 39.8 Å². The van der Waals surface area contributed by atoms with E-state index >= 15 is 0 Å². The van der Waals surface area contributed by atoms with Crippen LogP contribution in [0.15, 0.2) is 24.4 Å². The molecule has 0 radical (unpaired) electrons. The van der Waals surface area contributed by atoms with Crippen LogP contribution >= 0.6 is 0 Å². The first-order valence-electron chi connectivity index (χ1n) is 5.19. The van der Waals surface area contributed by atoms with Gasteiger partial charge in [0.1, 0.15) is 6.23 Å². The highest BCUT2D eigenvalue weighted by molar-refractivity contribution is 5.09. The van der Waals surface area contributed by atoms with Crippen LogP contribution in [-0.2, 0) is 0 Å². The first-order chi connectivity index (χ1) is 6.41. The van der Waals surface area contributed by atoms with Crippen molar-refractivity contribution < 1.29 is 5.11 Å². The molecule has 0 aromatic heterocycles. The van der Waals surface area contributed by atoms with Gasteiger partial charge in [-0.15, -0.1) is 0 Å². The molecule has 1 atom stereocenters. The minimum absolute atomic E-state index is 0.144. The van der Waals surface area contributed by atoms with Crippen LogP contribution in [0.25, 0.3) is 0 Å². The first-order valence-corrected chi connectivity index (χ1v) is 5.19. The summed E-state index contributed by atoms with van der Waals surface area (Å²) in [5.41, 5.74) is 0.812. The van der Waals surface area contributed by atoms with Crippen molar-refractivity contribution >= 4 is 0 Å². The van der Waals surface area contributed by atoms with Gasteiger partial charge in [0.05, 0.1) is 0 Å². The lowest BCUT2D eigenvalue weighted by Gasteiger charge is -2.29. The predicted octanol–water partition coefficient (Wildman–Crippen LogP) is 2.42. The van der Waals surface area contributed by atoms with Crippen molar-refractivity contribution in [3.8, 4) is 0 Å². The number of hydrogen-bond donors (Lipinski definition) is 2. The lowest BCUT2D eigenvalue weighted by Crippen LogP contribution is -2.40. The third-order valence-corrected chi connectivity index (χ3v) is 2.64. The summed E-state index contributed by atoms with van der Waals surface area (Å²) in [4.78, 5) is 0. The highest BCUT2D eigenvalue weighted by Crippen LogP contribution is 2.25. The molecule has 0 bridgehead atoms. The molecule has 0 fully saturated rings. The number of allylic oxidation sites excluding steroid dienone is 3. The minimum atomic E-state index is -0.518. The SMILES string of the molecule is C=C(NC(O)C(C)(C)C)C1CC=CC1. The second kappa shape index (κ2) is 4.18. The topological polar surface area (TPSA) is 32.3 Å². The monoisotopic (exact) mass is 195 g/mol. The van der Waals surface area contributed by atoms with Gasteiger partial charge in [0.2, 0.25) is 0 Å². The van der Waals surface area contributed by atoms with E-state index in [0.717, 1.165) is 18.5 Å². The Morgan fingerprint density at radius 1 is 1.43 bits per heavy atom. The Morgan fingerprint density at radius 3 is 2.36 bits per heavy atom. The molecule has 2 nitrogen and oxygen atoms in total. The number of rotatable bonds is 3. The predicted molar refractivity (Wildman–Crippen MR) is 59.6 cm³/mol. The average molecular weight is 195 g/mol. The smallest absolute Gasteiger partial charge is 0.129 e. The summed E-state index contributed by atoms with van der Waals surface area (Å²) in [6.45, 7) is 9.99. The molecule has 0 heterocycles. The summed E-state index contributed by atoms with van der Waals surface area (Å²) in [6.07, 6.45) is 5.91. The van der Waals surface area contributed by atoms with Crippen LogP contribution in [0.2, 0.25) is 0 Å². The highest BCUT2D eigenvalue weighted by Gasteiger charge is 2.24. The average Bonchev–Trinajstić information content (AvgIpc) is 2.53. The maximum atomic E-state index is 9.82. The Kier molecular flexibility index (Phi) is 3.38. The number of aliphatic hydroxyl groups excluding tert-OH is 1. The first kappa shape index (κ1) is 11.3. The molecule has 0 spiro atoms. The van der Waals surface area contributed by atoms with E-state index in [4.69, 9.17) is 0 Å². The van der Waals surface area contributed by atoms with E-state index in [1.807, 2.05) is 20.8 Å². The van der Waals surface area contributed by atoms with Crippen molar-refractivity contribution in [3.05, 3.63) is 24.4 Å². The molecule has 0 aromatic carbocycles. The molecule has 0 aliphatic heterocycles. The molecule has 2 N–H and O–H groups in total. The van der Waals surface area contributed by atoms with Gasteiger partial charge >= 0.3 is 0 Å². The second-order valence-electron chi connectivity index (χ2n) is 5.08. The van der Waals surface area contributed by atoms with E-state index in [2.05, 4.69) is 24.0 Å². The summed E-state index contributed by atoms with van der Waals surface area (Å²) >= 11 is 0. The Hall–Kier alpha value is -0.760. The van der Waals surface area contributed by atoms with Gasteiger partial charge < -0.3 is 10.4 Å². The Labute approximate surface area is 86.7 Å². The molecule has 1 rings (SSSR count). The zero-order valence-corrected chi connectivity index (χ0v) is 9.38. The number of aliphatic hydroxyl groups is 1. The van der Waals surface area contributed by atoms with Gasteiger partial charge in [-0.1, -0.05) is 39.5 Å². The van der Waals surface area contributed by atoms with E-state index in [0.29, 0.717) is 5.92 Å². The minimum Gasteiger partial charge on any atom is -0.373 e. The lowest BCUT2D eigenvalue weighted by molar-refractivity contribution is 0.0397. The molecule has 0 saturated carbocycles. The van der Waals surface area contributed by atoms with Crippen LogP contribution in [0, 0.1) is 11.3 Å². The molecule has 0 amide bonds. The van der Waals surface area contributed by atoms with Gasteiger partial charge in [-0.2, -0.15) is 0 Å². The van der Waals surface area contributed by atoms with Crippen molar-refractivity contribution in [1.82, 2.24) is 5.32 Å². The second-order valence-corrected chi connectivity index (χ2v) is 5.08. The van der Waals surface area contributed by atoms with E-state index in [1.54, 1.807) is 0 Å². The summed E-state index contributed by atoms with van der Waals surface area (Å²) in [7, 11) is 0. The van der Waals surface area contributed by atoms with Crippen molar-refractivity contribution in [2.24, 2.45) is 11.3 Å². The third kappa shape index (κ3) is 2.88. The number of nitrogens with one attached hydrogen (secondary N) is 1. The normalized spacial score (nSPS) is 19.7. The molecule has 2 heteroatoms. The van der Waals surface area contributed by atoms with Gasteiger partial charge in [-0.25, -0.2) is 0 Å². The molecule has 0 saturated heterocycles. The Balaban J connectivity index is 2.40. The summed E-state index contributed by atoms with van der Waals surface area (Å²) in [6, 6.07) is 0. The molecule has 80 valence electrons. The quantitative estimate of drug-likeness (QED) is 0.535. The van der Waals surface area contributed by atoms with Crippen LogP contribution in [-0.4, -0.2) is 11.3 Å². The number of hydrogen-bond acceptors (Lipinski definition) is 2. The van der Waals surface area contributed by atoms with Crippen molar-refractivity contribution in [1.29, 1.82) is 0 Å². The van der Waals surface area contributed by atoms with Gasteiger partial charge in [0, 0.05) is 17.0 Å². The zero-order chi connectivity index (χ0) is 10.8. The van der Waals surface area contributed by atoms with Gasteiger partial charge in [-0.3, -0.25) is 0 Å².